The molecule has 1 atom stereocenters. The summed E-state index contributed by atoms with van der Waals surface area (Å²) in [4.78, 5) is 47.7. The first-order chi connectivity index (χ1) is 20.6. The van der Waals surface area contributed by atoms with E-state index in [1.165, 1.54) is 25.5 Å². The maximum Gasteiger partial charge on any atom is 0.338 e. The van der Waals surface area contributed by atoms with Gasteiger partial charge in [0.05, 0.1) is 36.5 Å². The van der Waals surface area contributed by atoms with Crippen LogP contribution in [-0.2, 0) is 14.3 Å². The number of nitrogens with one attached hydrogen (secondary N) is 3. The monoisotopic (exact) mass is 591 g/mol. The van der Waals surface area contributed by atoms with Gasteiger partial charge in [0.1, 0.15) is 11.5 Å². The Bertz CT molecular complexity index is 1630. The number of urea groups is 1. The molecule has 4 rings (SSSR count). The highest BCUT2D eigenvalue weighted by atomic mass is 16.6. The number of esters is 1. The predicted molar refractivity (Wildman–Crippen MR) is 154 cm³/mol. The fraction of sp³-hybridized carbons (Fsp3) is 0.241. The summed E-state index contributed by atoms with van der Waals surface area (Å²) < 4.78 is 21.9. The lowest BCUT2D eigenvalue weighted by Crippen LogP contribution is -2.45. The summed E-state index contributed by atoms with van der Waals surface area (Å²) in [5, 5.41) is 20.3. The van der Waals surface area contributed by atoms with Crippen LogP contribution in [0.4, 0.5) is 10.5 Å². The second-order valence-corrected chi connectivity index (χ2v) is 9.24. The number of carbonyl (C=O) groups excluding carboxylic acids is 3. The van der Waals surface area contributed by atoms with E-state index in [2.05, 4.69) is 21.2 Å². The third-order valence-corrected chi connectivity index (χ3v) is 6.35. The Labute approximate surface area is 245 Å². The Kier molecular flexibility index (Phi) is 9.40. The van der Waals surface area contributed by atoms with Crippen LogP contribution in [-0.4, -0.2) is 49.4 Å². The number of hydrogen-bond donors (Lipinski definition) is 3. The predicted octanol–water partition coefficient (Wildman–Crippen LogP) is 3.89. The van der Waals surface area contributed by atoms with Crippen LogP contribution in [0.25, 0.3) is 11.3 Å². The van der Waals surface area contributed by atoms with E-state index in [9.17, 15) is 24.5 Å². The molecule has 1 aromatic heterocycles. The number of rotatable bonds is 11. The number of furan rings is 1. The third kappa shape index (κ3) is 7.16. The number of hydrogen-bond acceptors (Lipinski definition) is 10. The van der Waals surface area contributed by atoms with Gasteiger partial charge in [-0.15, -0.1) is 0 Å². The summed E-state index contributed by atoms with van der Waals surface area (Å²) in [7, 11) is 1.41. The number of hydrazone groups is 1. The van der Waals surface area contributed by atoms with E-state index in [0.29, 0.717) is 28.3 Å². The lowest BCUT2D eigenvalue weighted by molar-refractivity contribution is -0.384. The average Bonchev–Trinajstić information content (AvgIpc) is 3.44. The molecule has 0 bridgehead atoms. The Morgan fingerprint density at radius 3 is 2.65 bits per heavy atom. The van der Waals surface area contributed by atoms with Crippen molar-refractivity contribution in [1.82, 2.24) is 16.1 Å². The standard InChI is InChI=1S/C29H29N5O9/c1-5-41-28(36)26-17(3)31-29(37)32-27(26)18-7-10-23(24(12-18)40-4)42-15-25(35)33-30-14-20-9-11-22(43-20)21-13-19(34(38)39)8-6-16(21)2/h6-14,27H,5,15H2,1-4H3,(H,33,35)(H2,31,32,37)/b30-14-/t27-/m1/s1. The van der Waals surface area contributed by atoms with E-state index in [1.807, 2.05) is 6.92 Å². The highest BCUT2D eigenvalue weighted by Gasteiger charge is 2.32. The van der Waals surface area contributed by atoms with Gasteiger partial charge in [-0.25, -0.2) is 15.0 Å². The van der Waals surface area contributed by atoms with Crippen LogP contribution in [0.15, 0.2) is 69.3 Å². The molecule has 0 saturated heterocycles. The molecule has 0 spiro atoms. The second kappa shape index (κ2) is 13.3. The first kappa shape index (κ1) is 30.3. The quantitative estimate of drug-likeness (QED) is 0.129. The van der Waals surface area contributed by atoms with Gasteiger partial charge in [0, 0.05) is 23.4 Å². The van der Waals surface area contributed by atoms with Gasteiger partial charge in [-0.2, -0.15) is 5.10 Å². The molecule has 0 unspecified atom stereocenters. The number of amides is 3. The Morgan fingerprint density at radius 2 is 1.93 bits per heavy atom. The number of nitro groups is 1. The first-order valence-electron chi connectivity index (χ1n) is 13.0. The maximum absolute atomic E-state index is 12.6. The van der Waals surface area contributed by atoms with E-state index < -0.39 is 35.5 Å². The van der Waals surface area contributed by atoms with Gasteiger partial charge in [0.2, 0.25) is 0 Å². The fourth-order valence-electron chi connectivity index (χ4n) is 4.31. The van der Waals surface area contributed by atoms with Crippen molar-refractivity contribution in [2.45, 2.75) is 26.8 Å². The number of nitro benzene ring substituents is 1. The van der Waals surface area contributed by atoms with E-state index in [0.717, 1.165) is 5.56 Å². The molecule has 14 nitrogen and oxygen atoms in total. The molecule has 0 saturated carbocycles. The topological polar surface area (TPSA) is 184 Å². The zero-order valence-corrected chi connectivity index (χ0v) is 23.8. The summed E-state index contributed by atoms with van der Waals surface area (Å²) in [5.41, 5.74) is 4.79. The number of benzene rings is 2. The van der Waals surface area contributed by atoms with Crippen molar-refractivity contribution >= 4 is 29.8 Å². The van der Waals surface area contributed by atoms with Crippen molar-refractivity contribution in [3.8, 4) is 22.8 Å². The summed E-state index contributed by atoms with van der Waals surface area (Å²) in [5.74, 6) is 0.0956. The Balaban J connectivity index is 1.39. The molecule has 3 amide bonds. The van der Waals surface area contributed by atoms with Gasteiger partial charge in [-0.1, -0.05) is 12.1 Å². The van der Waals surface area contributed by atoms with Crippen LogP contribution >= 0.6 is 0 Å². The molecule has 224 valence electrons. The minimum atomic E-state index is -0.795. The van der Waals surface area contributed by atoms with Crippen molar-refractivity contribution in [3.05, 3.63) is 86.8 Å². The molecule has 3 N–H and O–H groups in total. The van der Waals surface area contributed by atoms with Crippen LogP contribution in [0.1, 0.15) is 36.8 Å². The van der Waals surface area contributed by atoms with Gasteiger partial charge in [-0.05, 0) is 56.2 Å². The number of aryl methyl sites for hydroxylation is 1. The summed E-state index contributed by atoms with van der Waals surface area (Å²) in [6, 6.07) is 11.2. The molecule has 1 aliphatic heterocycles. The highest BCUT2D eigenvalue weighted by Crippen LogP contribution is 2.34. The van der Waals surface area contributed by atoms with Crippen molar-refractivity contribution < 1.29 is 37.9 Å². The zero-order chi connectivity index (χ0) is 31.1. The molecule has 0 fully saturated rings. The number of methoxy groups -OCH3 is 1. The van der Waals surface area contributed by atoms with Crippen LogP contribution < -0.4 is 25.5 Å². The smallest absolute Gasteiger partial charge is 0.338 e. The lowest BCUT2D eigenvalue weighted by atomic mass is 9.95. The van der Waals surface area contributed by atoms with Crippen molar-refractivity contribution in [2.75, 3.05) is 20.3 Å². The first-order valence-corrected chi connectivity index (χ1v) is 13.0. The van der Waals surface area contributed by atoms with Crippen molar-refractivity contribution in [1.29, 1.82) is 0 Å². The summed E-state index contributed by atoms with van der Waals surface area (Å²) >= 11 is 0. The van der Waals surface area contributed by atoms with Crippen molar-refractivity contribution in [2.24, 2.45) is 5.10 Å². The van der Waals surface area contributed by atoms with Gasteiger partial charge in [0.25, 0.3) is 11.6 Å². The summed E-state index contributed by atoms with van der Waals surface area (Å²) in [6.45, 7) is 4.87. The maximum atomic E-state index is 12.6. The van der Waals surface area contributed by atoms with E-state index in [4.69, 9.17) is 18.6 Å². The van der Waals surface area contributed by atoms with Crippen LogP contribution in [0, 0.1) is 17.0 Å². The van der Waals surface area contributed by atoms with Crippen LogP contribution in [0.3, 0.4) is 0 Å². The molecule has 2 aromatic carbocycles. The molecule has 3 aromatic rings. The van der Waals surface area contributed by atoms with Crippen LogP contribution in [0.2, 0.25) is 0 Å². The number of allylic oxidation sites excluding steroid dienone is 1. The molecule has 43 heavy (non-hydrogen) atoms. The Morgan fingerprint density at radius 1 is 1.14 bits per heavy atom. The number of carbonyl (C=O) groups is 3. The van der Waals surface area contributed by atoms with Crippen LogP contribution in [0.5, 0.6) is 11.5 Å². The van der Waals surface area contributed by atoms with Gasteiger partial charge >= 0.3 is 12.0 Å². The molecule has 0 radical (unpaired) electrons. The van der Waals surface area contributed by atoms with Crippen molar-refractivity contribution in [3.63, 3.8) is 0 Å². The third-order valence-electron chi connectivity index (χ3n) is 6.35. The molecule has 2 heterocycles. The average molecular weight is 592 g/mol. The fourth-order valence-corrected chi connectivity index (χ4v) is 4.31. The number of non-ortho nitro benzene ring substituents is 1. The molecular formula is C29H29N5O9. The highest BCUT2D eigenvalue weighted by molar-refractivity contribution is 5.95. The van der Waals surface area contributed by atoms with Gasteiger partial charge < -0.3 is 29.3 Å². The lowest BCUT2D eigenvalue weighted by Gasteiger charge is -2.28. The molecular weight excluding hydrogens is 562 g/mol. The normalized spacial score (nSPS) is 14.6. The van der Waals surface area contributed by atoms with E-state index in [1.54, 1.807) is 50.2 Å². The number of nitrogens with zero attached hydrogens (tertiary/aromatic N) is 2. The molecule has 14 heteroatoms. The van der Waals surface area contributed by atoms with E-state index >= 15 is 0 Å². The number of ether oxygens (including phenoxy) is 3. The van der Waals surface area contributed by atoms with E-state index in [-0.39, 0.29) is 29.4 Å². The molecule has 1 aliphatic rings. The zero-order valence-electron chi connectivity index (χ0n) is 23.8. The minimum absolute atomic E-state index is 0.0582. The molecule has 0 aliphatic carbocycles. The SMILES string of the molecule is CCOC(=O)C1=C(C)NC(=O)N[C@@H]1c1ccc(OCC(=O)N/N=C\c2ccc(-c3cc([N+](=O)[O-])ccc3C)o2)c(OC)c1. The van der Waals surface area contributed by atoms with Gasteiger partial charge in [-0.3, -0.25) is 14.9 Å². The second-order valence-electron chi connectivity index (χ2n) is 9.24. The Hall–Kier alpha value is -5.66. The minimum Gasteiger partial charge on any atom is -0.493 e. The van der Waals surface area contributed by atoms with Gasteiger partial charge in [0.15, 0.2) is 18.1 Å². The largest absolute Gasteiger partial charge is 0.493 e. The summed E-state index contributed by atoms with van der Waals surface area (Å²) in [6.07, 6.45) is 1.29.